The summed E-state index contributed by atoms with van der Waals surface area (Å²) in [6.07, 6.45) is 0. The van der Waals surface area contributed by atoms with Crippen molar-refractivity contribution in [3.8, 4) is 0 Å². The zero-order chi connectivity index (χ0) is 16.6. The normalized spacial score (nSPS) is 11.3. The largest absolute Gasteiger partial charge is 0.476 e. The number of nitrogens with zero attached hydrogens (tertiary/aromatic N) is 2. The number of carboxylic acid groups (broad SMARTS) is 1. The number of hydrogen-bond donors (Lipinski definition) is 1. The molecule has 0 amide bonds. The summed E-state index contributed by atoms with van der Waals surface area (Å²) in [5, 5.41) is 15.0. The van der Waals surface area contributed by atoms with Gasteiger partial charge in [-0.2, -0.15) is 5.10 Å². The Morgan fingerprint density at radius 3 is 2.65 bits per heavy atom. The lowest BCUT2D eigenvalue weighted by atomic mass is 9.97. The zero-order valence-corrected chi connectivity index (χ0v) is 13.7. The topological polar surface area (TPSA) is 55.1 Å². The number of para-hydroxylation sites is 1. The summed E-state index contributed by atoms with van der Waals surface area (Å²) < 4.78 is 1.71. The fourth-order valence-electron chi connectivity index (χ4n) is 2.84. The first-order valence-electron chi connectivity index (χ1n) is 7.45. The van der Waals surface area contributed by atoms with Crippen molar-refractivity contribution in [3.63, 3.8) is 0 Å². The van der Waals surface area contributed by atoms with E-state index in [0.717, 1.165) is 16.6 Å². The van der Waals surface area contributed by atoms with Crippen LogP contribution in [-0.2, 0) is 6.54 Å². The van der Waals surface area contributed by atoms with Crippen LogP contribution < -0.4 is 0 Å². The maximum atomic E-state index is 11.4. The van der Waals surface area contributed by atoms with E-state index in [0.29, 0.717) is 22.9 Å². The molecule has 0 saturated carbocycles. The van der Waals surface area contributed by atoms with Gasteiger partial charge in [-0.15, -0.1) is 0 Å². The molecular weight excluding hydrogens is 312 g/mol. The standard InChI is InChI=1S/C18H17ClN2O2/c1-11(2)12-7-5-8-15(19)14(12)10-21-16-9-4-3-6-13(16)17(20-21)18(22)23/h3-9,11H,10H2,1-2H3,(H,22,23). The first-order valence-corrected chi connectivity index (χ1v) is 7.83. The second-order valence-electron chi connectivity index (χ2n) is 5.79. The number of halogens is 1. The van der Waals surface area contributed by atoms with Crippen molar-refractivity contribution in [1.82, 2.24) is 9.78 Å². The van der Waals surface area contributed by atoms with Crippen molar-refractivity contribution in [2.75, 3.05) is 0 Å². The average molecular weight is 329 g/mol. The van der Waals surface area contributed by atoms with Crippen LogP contribution in [-0.4, -0.2) is 20.9 Å². The number of aromatic carboxylic acids is 1. The first-order chi connectivity index (χ1) is 11.0. The molecule has 5 heteroatoms. The Morgan fingerprint density at radius 2 is 1.96 bits per heavy atom. The number of carboxylic acids is 1. The highest BCUT2D eigenvalue weighted by molar-refractivity contribution is 6.31. The summed E-state index contributed by atoms with van der Waals surface area (Å²) in [4.78, 5) is 11.4. The quantitative estimate of drug-likeness (QED) is 0.763. The molecule has 2 aromatic carbocycles. The van der Waals surface area contributed by atoms with E-state index < -0.39 is 5.97 Å². The number of rotatable bonds is 4. The summed E-state index contributed by atoms with van der Waals surface area (Å²) >= 11 is 6.39. The van der Waals surface area contributed by atoms with Crippen LogP contribution in [0, 0.1) is 0 Å². The van der Waals surface area contributed by atoms with Crippen LogP contribution in [0.15, 0.2) is 42.5 Å². The Labute approximate surface area is 139 Å². The zero-order valence-electron chi connectivity index (χ0n) is 13.0. The van der Waals surface area contributed by atoms with E-state index in [1.54, 1.807) is 10.7 Å². The molecular formula is C18H17ClN2O2. The maximum Gasteiger partial charge on any atom is 0.357 e. The van der Waals surface area contributed by atoms with Crippen LogP contribution in [0.25, 0.3) is 10.9 Å². The van der Waals surface area contributed by atoms with Gasteiger partial charge in [0.1, 0.15) is 0 Å². The van der Waals surface area contributed by atoms with Crippen molar-refractivity contribution < 1.29 is 9.90 Å². The highest BCUT2D eigenvalue weighted by Crippen LogP contribution is 2.28. The fraction of sp³-hybridized carbons (Fsp3) is 0.222. The molecule has 0 aliphatic carbocycles. The highest BCUT2D eigenvalue weighted by Gasteiger charge is 2.18. The van der Waals surface area contributed by atoms with Crippen molar-refractivity contribution in [2.45, 2.75) is 26.3 Å². The van der Waals surface area contributed by atoms with Gasteiger partial charge < -0.3 is 5.11 Å². The summed E-state index contributed by atoms with van der Waals surface area (Å²) in [6, 6.07) is 13.2. The van der Waals surface area contributed by atoms with Gasteiger partial charge in [-0.25, -0.2) is 4.79 Å². The van der Waals surface area contributed by atoms with Gasteiger partial charge >= 0.3 is 5.97 Å². The van der Waals surface area contributed by atoms with Gasteiger partial charge in [0.2, 0.25) is 0 Å². The number of fused-ring (bicyclic) bond motifs is 1. The van der Waals surface area contributed by atoms with Crippen LogP contribution in [0.1, 0.15) is 41.4 Å². The predicted octanol–water partition coefficient (Wildman–Crippen LogP) is 4.56. The molecule has 0 bridgehead atoms. The minimum Gasteiger partial charge on any atom is -0.476 e. The van der Waals surface area contributed by atoms with Gasteiger partial charge in [-0.05, 0) is 29.2 Å². The third-order valence-electron chi connectivity index (χ3n) is 3.95. The molecule has 1 aromatic heterocycles. The molecule has 0 atom stereocenters. The molecule has 0 aliphatic heterocycles. The second kappa shape index (κ2) is 6.05. The van der Waals surface area contributed by atoms with E-state index in [9.17, 15) is 9.90 Å². The minimum atomic E-state index is -1.02. The van der Waals surface area contributed by atoms with Crippen LogP contribution in [0.3, 0.4) is 0 Å². The molecule has 4 nitrogen and oxygen atoms in total. The van der Waals surface area contributed by atoms with Crippen LogP contribution >= 0.6 is 11.6 Å². The first kappa shape index (κ1) is 15.6. The molecule has 1 N–H and O–H groups in total. The van der Waals surface area contributed by atoms with Crippen molar-refractivity contribution >= 4 is 28.5 Å². The molecule has 118 valence electrons. The monoisotopic (exact) mass is 328 g/mol. The van der Waals surface area contributed by atoms with E-state index in [1.165, 1.54) is 0 Å². The Bertz CT molecular complexity index is 884. The Kier molecular flexibility index (Phi) is 4.09. The molecule has 0 saturated heterocycles. The second-order valence-corrected chi connectivity index (χ2v) is 6.20. The average Bonchev–Trinajstić information content (AvgIpc) is 2.88. The predicted molar refractivity (Wildman–Crippen MR) is 91.3 cm³/mol. The van der Waals surface area contributed by atoms with Gasteiger partial charge in [-0.1, -0.05) is 55.8 Å². The van der Waals surface area contributed by atoms with Gasteiger partial charge in [0.25, 0.3) is 0 Å². The van der Waals surface area contributed by atoms with Crippen molar-refractivity contribution in [1.29, 1.82) is 0 Å². The van der Waals surface area contributed by atoms with E-state index in [4.69, 9.17) is 11.6 Å². The third kappa shape index (κ3) is 2.82. The molecule has 0 unspecified atom stereocenters. The fourth-order valence-corrected chi connectivity index (χ4v) is 3.08. The van der Waals surface area contributed by atoms with Gasteiger partial charge in [0.15, 0.2) is 5.69 Å². The minimum absolute atomic E-state index is 0.0683. The Balaban J connectivity index is 2.15. The molecule has 0 fully saturated rings. The van der Waals surface area contributed by atoms with E-state index in [1.807, 2.05) is 30.3 Å². The van der Waals surface area contributed by atoms with E-state index >= 15 is 0 Å². The summed E-state index contributed by atoms with van der Waals surface area (Å²) in [5.41, 5.74) is 2.99. The van der Waals surface area contributed by atoms with Crippen LogP contribution in [0.5, 0.6) is 0 Å². The van der Waals surface area contributed by atoms with Gasteiger partial charge in [0.05, 0.1) is 12.1 Å². The Hall–Kier alpha value is -2.33. The molecule has 0 radical (unpaired) electrons. The van der Waals surface area contributed by atoms with Crippen LogP contribution in [0.4, 0.5) is 0 Å². The van der Waals surface area contributed by atoms with Crippen LogP contribution in [0.2, 0.25) is 5.02 Å². The van der Waals surface area contributed by atoms with Crippen molar-refractivity contribution in [2.24, 2.45) is 0 Å². The molecule has 23 heavy (non-hydrogen) atoms. The molecule has 3 aromatic rings. The molecule has 1 heterocycles. The summed E-state index contributed by atoms with van der Waals surface area (Å²) in [6.45, 7) is 4.67. The van der Waals surface area contributed by atoms with E-state index in [-0.39, 0.29) is 5.69 Å². The number of carbonyl (C=O) groups is 1. The smallest absolute Gasteiger partial charge is 0.357 e. The summed E-state index contributed by atoms with van der Waals surface area (Å²) in [5.74, 6) is -0.701. The number of hydrogen-bond acceptors (Lipinski definition) is 2. The SMILES string of the molecule is CC(C)c1cccc(Cl)c1Cn1nc(C(=O)O)c2ccccc21. The summed E-state index contributed by atoms with van der Waals surface area (Å²) in [7, 11) is 0. The highest BCUT2D eigenvalue weighted by atomic mass is 35.5. The maximum absolute atomic E-state index is 11.4. The molecule has 0 spiro atoms. The lowest BCUT2D eigenvalue weighted by Crippen LogP contribution is -2.08. The lowest BCUT2D eigenvalue weighted by molar-refractivity contribution is 0.0691. The molecule has 0 aliphatic rings. The lowest BCUT2D eigenvalue weighted by Gasteiger charge is -2.15. The van der Waals surface area contributed by atoms with E-state index in [2.05, 4.69) is 25.0 Å². The van der Waals surface area contributed by atoms with Gasteiger partial charge in [0, 0.05) is 10.4 Å². The number of benzene rings is 2. The van der Waals surface area contributed by atoms with Gasteiger partial charge in [-0.3, -0.25) is 4.68 Å². The third-order valence-corrected chi connectivity index (χ3v) is 4.30. The molecule has 3 rings (SSSR count). The number of aromatic nitrogens is 2. The van der Waals surface area contributed by atoms with Crippen molar-refractivity contribution in [3.05, 3.63) is 64.3 Å². The Morgan fingerprint density at radius 1 is 1.22 bits per heavy atom.